The lowest BCUT2D eigenvalue weighted by Gasteiger charge is -2.16. The van der Waals surface area contributed by atoms with Crippen molar-refractivity contribution in [1.82, 2.24) is 4.90 Å². The minimum absolute atomic E-state index is 0.139. The minimum atomic E-state index is 0.139. The van der Waals surface area contributed by atoms with Gasteiger partial charge in [0.2, 0.25) is 5.91 Å². The molecular weight excluding hydrogens is 228 g/mol. The van der Waals surface area contributed by atoms with Crippen LogP contribution in [-0.2, 0) is 11.2 Å². The number of amides is 1. The molecule has 1 aliphatic rings. The van der Waals surface area contributed by atoms with E-state index in [1.807, 2.05) is 11.0 Å². The summed E-state index contributed by atoms with van der Waals surface area (Å²) in [5.41, 5.74) is 6.40. The van der Waals surface area contributed by atoms with Crippen LogP contribution >= 0.6 is 0 Å². The van der Waals surface area contributed by atoms with Gasteiger partial charge in [0, 0.05) is 13.1 Å². The maximum absolute atomic E-state index is 12.1. The smallest absolute Gasteiger partial charge is 0.227 e. The van der Waals surface area contributed by atoms with E-state index in [4.69, 9.17) is 5.73 Å². The molecule has 2 rings (SSSR count). The highest BCUT2D eigenvalue weighted by molar-refractivity contribution is 5.79. The van der Waals surface area contributed by atoms with Crippen LogP contribution in [0.4, 0.5) is 0 Å². The van der Waals surface area contributed by atoms with Gasteiger partial charge < -0.3 is 15.7 Å². The summed E-state index contributed by atoms with van der Waals surface area (Å²) < 4.78 is 0. The summed E-state index contributed by atoms with van der Waals surface area (Å²) in [4.78, 5) is 14.0. The molecule has 0 bridgehead atoms. The molecule has 1 amide bonds. The van der Waals surface area contributed by atoms with E-state index >= 15 is 0 Å². The second-order valence-corrected chi connectivity index (χ2v) is 4.92. The number of nitrogens with zero attached hydrogens (tertiary/aromatic N) is 1. The number of likely N-dealkylation sites (tertiary alicyclic amines) is 1. The molecule has 0 radical (unpaired) electrons. The van der Waals surface area contributed by atoms with E-state index in [0.29, 0.717) is 18.9 Å². The molecule has 1 aromatic rings. The van der Waals surface area contributed by atoms with Crippen LogP contribution in [0.1, 0.15) is 18.4 Å². The highest BCUT2D eigenvalue weighted by Gasteiger charge is 2.25. The third kappa shape index (κ3) is 3.23. The fraction of sp³-hybridized carbons (Fsp3) is 0.500. The van der Waals surface area contributed by atoms with E-state index in [-0.39, 0.29) is 11.7 Å². The van der Waals surface area contributed by atoms with Gasteiger partial charge in [-0.2, -0.15) is 0 Å². The highest BCUT2D eigenvalue weighted by atomic mass is 16.3. The zero-order valence-electron chi connectivity index (χ0n) is 10.5. The molecule has 0 aromatic heterocycles. The minimum Gasteiger partial charge on any atom is -0.508 e. The lowest BCUT2D eigenvalue weighted by Crippen LogP contribution is -2.30. The van der Waals surface area contributed by atoms with Crippen molar-refractivity contribution in [2.75, 3.05) is 19.6 Å². The third-order valence-corrected chi connectivity index (χ3v) is 3.48. The summed E-state index contributed by atoms with van der Waals surface area (Å²) in [5, 5.41) is 9.36. The average Bonchev–Trinajstić information content (AvgIpc) is 2.78. The molecule has 1 fully saturated rings. The normalized spacial score (nSPS) is 19.2. The van der Waals surface area contributed by atoms with E-state index in [1.54, 1.807) is 18.2 Å². The van der Waals surface area contributed by atoms with Crippen molar-refractivity contribution in [3.63, 3.8) is 0 Å². The summed E-state index contributed by atoms with van der Waals surface area (Å²) in [6.45, 7) is 2.36. The predicted octanol–water partition coefficient (Wildman–Crippen LogP) is 1.13. The van der Waals surface area contributed by atoms with Gasteiger partial charge in [-0.15, -0.1) is 0 Å². The Morgan fingerprint density at radius 3 is 3.06 bits per heavy atom. The first kappa shape index (κ1) is 12.9. The zero-order valence-corrected chi connectivity index (χ0v) is 10.5. The molecule has 0 spiro atoms. The van der Waals surface area contributed by atoms with Gasteiger partial charge in [0.25, 0.3) is 0 Å². The topological polar surface area (TPSA) is 66.6 Å². The van der Waals surface area contributed by atoms with Crippen molar-refractivity contribution in [3.8, 4) is 5.75 Å². The SMILES string of the molecule is NCCC1CCN(C(=O)Cc2cccc(O)c2)C1. The third-order valence-electron chi connectivity index (χ3n) is 3.48. The molecule has 18 heavy (non-hydrogen) atoms. The Kier molecular flexibility index (Phi) is 4.20. The first-order valence-electron chi connectivity index (χ1n) is 6.45. The number of phenolic OH excluding ortho intramolecular Hbond substituents is 1. The van der Waals surface area contributed by atoms with Crippen LogP contribution < -0.4 is 5.73 Å². The monoisotopic (exact) mass is 248 g/mol. The molecule has 4 nitrogen and oxygen atoms in total. The van der Waals surface area contributed by atoms with Gasteiger partial charge in [-0.25, -0.2) is 0 Å². The van der Waals surface area contributed by atoms with Gasteiger partial charge in [0.15, 0.2) is 0 Å². The van der Waals surface area contributed by atoms with E-state index in [2.05, 4.69) is 0 Å². The number of hydrogen-bond acceptors (Lipinski definition) is 3. The molecule has 4 heteroatoms. The van der Waals surface area contributed by atoms with Crippen LogP contribution in [0, 0.1) is 5.92 Å². The maximum atomic E-state index is 12.1. The molecule has 1 atom stereocenters. The lowest BCUT2D eigenvalue weighted by molar-refractivity contribution is -0.129. The molecule has 98 valence electrons. The average molecular weight is 248 g/mol. The van der Waals surface area contributed by atoms with Gasteiger partial charge in [-0.3, -0.25) is 4.79 Å². The lowest BCUT2D eigenvalue weighted by atomic mass is 10.1. The van der Waals surface area contributed by atoms with Crippen molar-refractivity contribution >= 4 is 5.91 Å². The van der Waals surface area contributed by atoms with Crippen molar-refractivity contribution in [3.05, 3.63) is 29.8 Å². The Morgan fingerprint density at radius 2 is 2.33 bits per heavy atom. The number of hydrogen-bond donors (Lipinski definition) is 2. The molecule has 3 N–H and O–H groups in total. The molecule has 0 aliphatic carbocycles. The standard InChI is InChI=1S/C14H20N2O2/c15-6-4-11-5-7-16(10-11)14(18)9-12-2-1-3-13(17)8-12/h1-3,8,11,17H,4-7,9-10,15H2. The summed E-state index contributed by atoms with van der Waals surface area (Å²) in [5.74, 6) is 0.908. The molecule has 1 saturated heterocycles. The molecule has 1 unspecified atom stereocenters. The van der Waals surface area contributed by atoms with Gasteiger partial charge in [0.1, 0.15) is 5.75 Å². The van der Waals surface area contributed by atoms with Crippen LogP contribution in [0.5, 0.6) is 5.75 Å². The Morgan fingerprint density at radius 1 is 1.50 bits per heavy atom. The van der Waals surface area contributed by atoms with E-state index in [9.17, 15) is 9.90 Å². The Labute approximate surface area is 107 Å². The molecular formula is C14H20N2O2. The first-order valence-corrected chi connectivity index (χ1v) is 6.45. The van der Waals surface area contributed by atoms with Crippen LogP contribution in [-0.4, -0.2) is 35.5 Å². The number of benzene rings is 1. The fourth-order valence-corrected chi connectivity index (χ4v) is 2.48. The van der Waals surface area contributed by atoms with Gasteiger partial charge >= 0.3 is 0 Å². The van der Waals surface area contributed by atoms with Crippen molar-refractivity contribution < 1.29 is 9.90 Å². The highest BCUT2D eigenvalue weighted by Crippen LogP contribution is 2.20. The van der Waals surface area contributed by atoms with Crippen LogP contribution in [0.15, 0.2) is 24.3 Å². The molecule has 0 saturated carbocycles. The number of phenols is 1. The van der Waals surface area contributed by atoms with Crippen LogP contribution in [0.2, 0.25) is 0 Å². The number of rotatable bonds is 4. The number of carbonyl (C=O) groups is 1. The fourth-order valence-electron chi connectivity index (χ4n) is 2.48. The summed E-state index contributed by atoms with van der Waals surface area (Å²) in [7, 11) is 0. The Balaban J connectivity index is 1.89. The second kappa shape index (κ2) is 5.87. The maximum Gasteiger partial charge on any atom is 0.227 e. The molecule has 1 aliphatic heterocycles. The van der Waals surface area contributed by atoms with Crippen molar-refractivity contribution in [2.24, 2.45) is 11.7 Å². The summed E-state index contributed by atoms with van der Waals surface area (Å²) in [6.07, 6.45) is 2.42. The number of aromatic hydroxyl groups is 1. The van der Waals surface area contributed by atoms with E-state index in [0.717, 1.165) is 31.5 Å². The van der Waals surface area contributed by atoms with Gasteiger partial charge in [-0.05, 0) is 43.0 Å². The molecule has 1 heterocycles. The Hall–Kier alpha value is -1.55. The Bertz CT molecular complexity index is 420. The van der Waals surface area contributed by atoms with Crippen molar-refractivity contribution in [1.29, 1.82) is 0 Å². The zero-order chi connectivity index (χ0) is 13.0. The predicted molar refractivity (Wildman–Crippen MR) is 70.2 cm³/mol. The van der Waals surface area contributed by atoms with E-state index < -0.39 is 0 Å². The molecule has 1 aromatic carbocycles. The number of nitrogens with two attached hydrogens (primary N) is 1. The van der Waals surface area contributed by atoms with Crippen molar-refractivity contribution in [2.45, 2.75) is 19.3 Å². The second-order valence-electron chi connectivity index (χ2n) is 4.92. The summed E-state index contributed by atoms with van der Waals surface area (Å²) >= 11 is 0. The van der Waals surface area contributed by atoms with Crippen LogP contribution in [0.3, 0.4) is 0 Å². The number of carbonyl (C=O) groups excluding carboxylic acids is 1. The van der Waals surface area contributed by atoms with Gasteiger partial charge in [-0.1, -0.05) is 12.1 Å². The van der Waals surface area contributed by atoms with Gasteiger partial charge in [0.05, 0.1) is 6.42 Å². The quantitative estimate of drug-likeness (QED) is 0.839. The first-order chi connectivity index (χ1) is 8.69. The summed E-state index contributed by atoms with van der Waals surface area (Å²) in [6, 6.07) is 6.89. The largest absolute Gasteiger partial charge is 0.508 e. The van der Waals surface area contributed by atoms with E-state index in [1.165, 1.54) is 0 Å². The van der Waals surface area contributed by atoms with Crippen LogP contribution in [0.25, 0.3) is 0 Å².